The molecule has 1 aromatic carbocycles. The molecule has 1 aliphatic rings. The fourth-order valence-electron chi connectivity index (χ4n) is 3.13. The van der Waals surface area contributed by atoms with Crippen molar-refractivity contribution in [2.24, 2.45) is 11.8 Å². The lowest BCUT2D eigenvalue weighted by atomic mass is 9.97. The van der Waals surface area contributed by atoms with E-state index in [9.17, 15) is 13.2 Å². The Morgan fingerprint density at radius 2 is 1.81 bits per heavy atom. The lowest BCUT2D eigenvalue weighted by Crippen LogP contribution is -2.51. The molecule has 2 rings (SSSR count). The third-order valence-corrected chi connectivity index (χ3v) is 6.26. The summed E-state index contributed by atoms with van der Waals surface area (Å²) < 4.78 is 33.2. The molecular weight excluding hydrogens is 352 g/mol. The predicted octanol–water partition coefficient (Wildman–Crippen LogP) is 2.65. The molecule has 146 valence electrons. The fourth-order valence-corrected chi connectivity index (χ4v) is 4.33. The second-order valence-corrected chi connectivity index (χ2v) is 9.20. The summed E-state index contributed by atoms with van der Waals surface area (Å²) in [7, 11) is -2.25. The molecule has 0 aromatic heterocycles. The van der Waals surface area contributed by atoms with E-state index in [1.54, 1.807) is 17.0 Å². The van der Waals surface area contributed by atoms with Crippen LogP contribution in [0.4, 0.5) is 0 Å². The van der Waals surface area contributed by atoms with Gasteiger partial charge in [-0.25, -0.2) is 8.42 Å². The van der Waals surface area contributed by atoms with Crippen LogP contribution >= 0.6 is 0 Å². The molecule has 0 spiro atoms. The fraction of sp³-hybridized carbons (Fsp3) is 0.632. The van der Waals surface area contributed by atoms with Gasteiger partial charge in [-0.1, -0.05) is 20.8 Å². The molecule has 1 fully saturated rings. The number of sulfonamides is 1. The van der Waals surface area contributed by atoms with Gasteiger partial charge >= 0.3 is 0 Å². The molecule has 26 heavy (non-hydrogen) atoms. The number of carbonyl (C=O) groups is 1. The monoisotopic (exact) mass is 382 g/mol. The molecule has 1 atom stereocenters. The van der Waals surface area contributed by atoms with Gasteiger partial charge in [0.1, 0.15) is 11.8 Å². The average Bonchev–Trinajstić information content (AvgIpc) is 2.60. The minimum Gasteiger partial charge on any atom is -0.497 e. The second kappa shape index (κ2) is 8.86. The molecule has 0 saturated carbocycles. The minimum absolute atomic E-state index is 0.123. The van der Waals surface area contributed by atoms with Gasteiger partial charge in [-0.05, 0) is 55.4 Å². The highest BCUT2D eigenvalue weighted by atomic mass is 32.2. The van der Waals surface area contributed by atoms with Crippen molar-refractivity contribution in [3.05, 3.63) is 24.3 Å². The number of carbonyl (C=O) groups excluding carboxylic acids is 1. The van der Waals surface area contributed by atoms with Crippen molar-refractivity contribution in [2.45, 2.75) is 51.0 Å². The van der Waals surface area contributed by atoms with Crippen LogP contribution in [0.15, 0.2) is 29.2 Å². The summed E-state index contributed by atoms with van der Waals surface area (Å²) in [6, 6.07) is 5.43. The van der Waals surface area contributed by atoms with Crippen LogP contribution in [-0.4, -0.2) is 45.5 Å². The number of nitrogens with zero attached hydrogens (tertiary/aromatic N) is 1. The average molecular weight is 383 g/mol. The molecule has 1 heterocycles. The van der Waals surface area contributed by atoms with E-state index >= 15 is 0 Å². The first-order valence-electron chi connectivity index (χ1n) is 9.18. The van der Waals surface area contributed by atoms with E-state index < -0.39 is 16.1 Å². The maximum atomic E-state index is 12.9. The zero-order valence-electron chi connectivity index (χ0n) is 16.1. The Morgan fingerprint density at radius 3 is 2.31 bits per heavy atom. The van der Waals surface area contributed by atoms with Crippen LogP contribution in [0.3, 0.4) is 0 Å². The predicted molar refractivity (Wildman–Crippen MR) is 102 cm³/mol. The molecule has 1 aliphatic heterocycles. The number of hydrogen-bond acceptors (Lipinski definition) is 4. The van der Waals surface area contributed by atoms with Gasteiger partial charge in [-0.15, -0.1) is 0 Å². The molecule has 1 unspecified atom stereocenters. The lowest BCUT2D eigenvalue weighted by Gasteiger charge is -2.33. The quantitative estimate of drug-likeness (QED) is 0.787. The molecule has 7 heteroatoms. The zero-order valence-corrected chi connectivity index (χ0v) is 16.9. The van der Waals surface area contributed by atoms with Gasteiger partial charge in [0, 0.05) is 13.1 Å². The van der Waals surface area contributed by atoms with Gasteiger partial charge in [0.05, 0.1) is 12.0 Å². The summed E-state index contributed by atoms with van der Waals surface area (Å²) >= 11 is 0. The number of rotatable bonds is 7. The van der Waals surface area contributed by atoms with E-state index in [2.05, 4.69) is 11.6 Å². The standard InChI is InChI=1S/C19H30N2O4S/c1-14(2)13-18(19(22)21-11-9-15(3)10-12-21)20-26(23,24)17-7-5-16(25-4)6-8-17/h5-8,14-15,18,20H,9-13H2,1-4H3. The van der Waals surface area contributed by atoms with Gasteiger partial charge in [0.25, 0.3) is 0 Å². The Morgan fingerprint density at radius 1 is 1.23 bits per heavy atom. The number of likely N-dealkylation sites (tertiary alicyclic amines) is 1. The number of benzene rings is 1. The van der Waals surface area contributed by atoms with E-state index in [1.807, 2.05) is 13.8 Å². The number of ether oxygens (including phenoxy) is 1. The van der Waals surface area contributed by atoms with E-state index in [-0.39, 0.29) is 16.7 Å². The highest BCUT2D eigenvalue weighted by Crippen LogP contribution is 2.20. The molecule has 1 N–H and O–H groups in total. The number of methoxy groups -OCH3 is 1. The van der Waals surface area contributed by atoms with Crippen LogP contribution in [0.5, 0.6) is 5.75 Å². The van der Waals surface area contributed by atoms with E-state index in [0.717, 1.165) is 12.8 Å². The van der Waals surface area contributed by atoms with Gasteiger partial charge in [-0.2, -0.15) is 4.72 Å². The van der Waals surface area contributed by atoms with Gasteiger partial charge in [0.15, 0.2) is 0 Å². The maximum Gasteiger partial charge on any atom is 0.241 e. The van der Waals surface area contributed by atoms with Crippen molar-refractivity contribution in [1.29, 1.82) is 0 Å². The SMILES string of the molecule is COc1ccc(S(=O)(=O)NC(CC(C)C)C(=O)N2CCC(C)CC2)cc1. The molecule has 0 aliphatic carbocycles. The molecule has 1 amide bonds. The van der Waals surface area contributed by atoms with Crippen LogP contribution in [0, 0.1) is 11.8 Å². The van der Waals surface area contributed by atoms with Crippen molar-refractivity contribution in [3.8, 4) is 5.75 Å². The van der Waals surface area contributed by atoms with Crippen molar-refractivity contribution in [3.63, 3.8) is 0 Å². The molecular formula is C19H30N2O4S. The summed E-state index contributed by atoms with van der Waals surface area (Å²) in [4.78, 5) is 14.9. The highest BCUT2D eigenvalue weighted by molar-refractivity contribution is 7.89. The largest absolute Gasteiger partial charge is 0.497 e. The Labute approximate surface area is 157 Å². The van der Waals surface area contributed by atoms with Crippen LogP contribution in [0.2, 0.25) is 0 Å². The number of hydrogen-bond donors (Lipinski definition) is 1. The summed E-state index contributed by atoms with van der Waals surface area (Å²) in [5, 5.41) is 0. The summed E-state index contributed by atoms with van der Waals surface area (Å²) in [5.41, 5.74) is 0. The van der Waals surface area contributed by atoms with E-state index in [1.165, 1.54) is 19.2 Å². The van der Waals surface area contributed by atoms with Crippen molar-refractivity contribution >= 4 is 15.9 Å². The summed E-state index contributed by atoms with van der Waals surface area (Å²) in [6.45, 7) is 7.54. The lowest BCUT2D eigenvalue weighted by molar-refractivity contribution is -0.134. The first-order valence-corrected chi connectivity index (χ1v) is 10.7. The molecule has 1 saturated heterocycles. The number of nitrogens with one attached hydrogen (secondary N) is 1. The molecule has 6 nitrogen and oxygen atoms in total. The van der Waals surface area contributed by atoms with Crippen molar-refractivity contribution in [1.82, 2.24) is 9.62 Å². The molecule has 0 radical (unpaired) electrons. The van der Waals surface area contributed by atoms with Gasteiger partial charge < -0.3 is 9.64 Å². The third kappa shape index (κ3) is 5.45. The topological polar surface area (TPSA) is 75.7 Å². The van der Waals surface area contributed by atoms with E-state index in [4.69, 9.17) is 4.74 Å². The van der Waals surface area contributed by atoms with Crippen LogP contribution in [-0.2, 0) is 14.8 Å². The third-order valence-electron chi connectivity index (χ3n) is 4.77. The summed E-state index contributed by atoms with van der Waals surface area (Å²) in [5.74, 6) is 1.27. The number of piperidine rings is 1. The maximum absolute atomic E-state index is 12.9. The van der Waals surface area contributed by atoms with Crippen LogP contribution in [0.25, 0.3) is 0 Å². The van der Waals surface area contributed by atoms with Gasteiger partial charge in [-0.3, -0.25) is 4.79 Å². The molecule has 1 aromatic rings. The second-order valence-electron chi connectivity index (χ2n) is 7.49. The Hall–Kier alpha value is -1.60. The van der Waals surface area contributed by atoms with E-state index in [0.29, 0.717) is 31.2 Å². The minimum atomic E-state index is -3.78. The Kier molecular flexibility index (Phi) is 7.06. The normalized spacial score (nSPS) is 17.3. The molecule has 0 bridgehead atoms. The van der Waals surface area contributed by atoms with Crippen molar-refractivity contribution < 1.29 is 17.9 Å². The van der Waals surface area contributed by atoms with Gasteiger partial charge in [0.2, 0.25) is 15.9 Å². The van der Waals surface area contributed by atoms with Crippen molar-refractivity contribution in [2.75, 3.05) is 20.2 Å². The summed E-state index contributed by atoms with van der Waals surface area (Å²) in [6.07, 6.45) is 2.40. The Balaban J connectivity index is 2.16. The Bertz CT molecular complexity index is 693. The smallest absolute Gasteiger partial charge is 0.241 e. The van der Waals surface area contributed by atoms with Crippen LogP contribution < -0.4 is 9.46 Å². The number of amides is 1. The van der Waals surface area contributed by atoms with Crippen LogP contribution in [0.1, 0.15) is 40.0 Å². The highest BCUT2D eigenvalue weighted by Gasteiger charge is 2.31. The first-order chi connectivity index (χ1) is 12.2. The zero-order chi connectivity index (χ0) is 19.3. The first kappa shape index (κ1) is 20.7.